The molecule has 0 radical (unpaired) electrons. The normalized spacial score (nSPS) is 11.9. The molecule has 3 aromatic rings. The van der Waals surface area contributed by atoms with Crippen LogP contribution < -0.4 is 10.1 Å². The second-order valence-electron chi connectivity index (χ2n) is 8.45. The minimum Gasteiger partial charge on any atom is -0.508 e. The monoisotopic (exact) mass is 504 g/mol. The molecule has 36 heavy (non-hydrogen) atoms. The maximum absolute atomic E-state index is 11.5. The number of ether oxygens (including phenoxy) is 1. The van der Waals surface area contributed by atoms with Crippen molar-refractivity contribution in [1.29, 1.82) is 0 Å². The summed E-state index contributed by atoms with van der Waals surface area (Å²) in [6.07, 6.45) is 4.15. The number of hydrogen-bond donors (Lipinski definition) is 2. The first-order chi connectivity index (χ1) is 17.4. The van der Waals surface area contributed by atoms with Gasteiger partial charge in [0.25, 0.3) is 0 Å². The van der Waals surface area contributed by atoms with Crippen LogP contribution in [0, 0.1) is 0 Å². The number of halogens is 1. The SMILES string of the molecule is CCC(=C(c1ccc(O)cc1)c1ccc(OCCNCC=CC(=O)N(C)C)cc1)c1ccccc1Cl. The number of allylic oxidation sites excluding steroid dienone is 1. The highest BCUT2D eigenvalue weighted by Gasteiger charge is 2.15. The van der Waals surface area contributed by atoms with E-state index in [2.05, 4.69) is 12.2 Å². The van der Waals surface area contributed by atoms with E-state index in [4.69, 9.17) is 16.3 Å². The lowest BCUT2D eigenvalue weighted by Crippen LogP contribution is -2.22. The minimum atomic E-state index is -0.0328. The molecule has 0 heterocycles. The van der Waals surface area contributed by atoms with Crippen LogP contribution in [-0.4, -0.2) is 49.7 Å². The Morgan fingerprint density at radius 1 is 1.00 bits per heavy atom. The second kappa shape index (κ2) is 13.5. The maximum Gasteiger partial charge on any atom is 0.245 e. The van der Waals surface area contributed by atoms with Crippen LogP contribution in [0.4, 0.5) is 0 Å². The Hall–Kier alpha value is -3.54. The van der Waals surface area contributed by atoms with Crippen LogP contribution in [0.15, 0.2) is 84.9 Å². The van der Waals surface area contributed by atoms with Crippen molar-refractivity contribution in [3.05, 3.63) is 107 Å². The smallest absolute Gasteiger partial charge is 0.245 e. The van der Waals surface area contributed by atoms with Crippen molar-refractivity contribution in [3.63, 3.8) is 0 Å². The number of carbonyl (C=O) groups excluding carboxylic acids is 1. The van der Waals surface area contributed by atoms with Gasteiger partial charge in [0, 0.05) is 38.3 Å². The maximum atomic E-state index is 11.5. The van der Waals surface area contributed by atoms with Crippen LogP contribution in [0.5, 0.6) is 11.5 Å². The number of phenolic OH excluding ortho intramolecular Hbond substituents is 1. The first kappa shape index (κ1) is 27.1. The van der Waals surface area contributed by atoms with Crippen molar-refractivity contribution in [1.82, 2.24) is 10.2 Å². The summed E-state index contributed by atoms with van der Waals surface area (Å²) in [6, 6.07) is 23.1. The molecule has 0 atom stereocenters. The van der Waals surface area contributed by atoms with Crippen LogP contribution in [0.1, 0.15) is 30.0 Å². The van der Waals surface area contributed by atoms with Gasteiger partial charge >= 0.3 is 0 Å². The number of phenols is 1. The van der Waals surface area contributed by atoms with Gasteiger partial charge in [-0.2, -0.15) is 0 Å². The molecule has 0 aliphatic rings. The number of hydrogen-bond acceptors (Lipinski definition) is 4. The molecule has 188 valence electrons. The molecule has 5 nitrogen and oxygen atoms in total. The van der Waals surface area contributed by atoms with E-state index in [0.717, 1.165) is 40.0 Å². The molecule has 0 aliphatic heterocycles. The summed E-state index contributed by atoms with van der Waals surface area (Å²) < 4.78 is 5.89. The molecule has 0 spiro atoms. The first-order valence-electron chi connectivity index (χ1n) is 12.0. The fraction of sp³-hybridized carbons (Fsp3) is 0.233. The fourth-order valence-corrected chi connectivity index (χ4v) is 4.05. The highest BCUT2D eigenvalue weighted by molar-refractivity contribution is 6.32. The molecule has 6 heteroatoms. The lowest BCUT2D eigenvalue weighted by molar-refractivity contribution is -0.123. The second-order valence-corrected chi connectivity index (χ2v) is 8.85. The number of benzene rings is 3. The van der Waals surface area contributed by atoms with Crippen LogP contribution in [-0.2, 0) is 4.79 Å². The van der Waals surface area contributed by atoms with Gasteiger partial charge in [-0.3, -0.25) is 4.79 Å². The number of likely N-dealkylation sites (N-methyl/N-ethyl adjacent to an activating group) is 1. The van der Waals surface area contributed by atoms with Crippen molar-refractivity contribution in [2.75, 3.05) is 33.8 Å². The number of nitrogens with one attached hydrogen (secondary N) is 1. The summed E-state index contributed by atoms with van der Waals surface area (Å²) in [7, 11) is 3.45. The summed E-state index contributed by atoms with van der Waals surface area (Å²) in [5.41, 5.74) is 5.24. The number of aromatic hydroxyl groups is 1. The van der Waals surface area contributed by atoms with E-state index in [0.29, 0.717) is 24.7 Å². The van der Waals surface area contributed by atoms with E-state index in [9.17, 15) is 9.90 Å². The van der Waals surface area contributed by atoms with Gasteiger partial charge in [0.05, 0.1) is 0 Å². The molecule has 0 saturated carbocycles. The van der Waals surface area contributed by atoms with E-state index >= 15 is 0 Å². The molecule has 3 rings (SSSR count). The largest absolute Gasteiger partial charge is 0.508 e. The Bertz CT molecular complexity index is 1200. The average Bonchev–Trinajstić information content (AvgIpc) is 2.88. The third-order valence-corrected chi connectivity index (χ3v) is 5.99. The zero-order valence-corrected chi connectivity index (χ0v) is 21.8. The summed E-state index contributed by atoms with van der Waals surface area (Å²) in [5, 5.41) is 13.8. The van der Waals surface area contributed by atoms with E-state index in [-0.39, 0.29) is 11.7 Å². The summed E-state index contributed by atoms with van der Waals surface area (Å²) in [4.78, 5) is 13.1. The lowest BCUT2D eigenvalue weighted by Gasteiger charge is -2.18. The molecule has 1 amide bonds. The van der Waals surface area contributed by atoms with Crippen molar-refractivity contribution in [2.24, 2.45) is 0 Å². The van der Waals surface area contributed by atoms with E-state index in [1.54, 1.807) is 38.4 Å². The molecule has 0 saturated heterocycles. The average molecular weight is 505 g/mol. The van der Waals surface area contributed by atoms with Crippen LogP contribution in [0.2, 0.25) is 5.02 Å². The topological polar surface area (TPSA) is 61.8 Å². The van der Waals surface area contributed by atoms with Gasteiger partial charge in [-0.1, -0.05) is 67.1 Å². The predicted molar refractivity (Wildman–Crippen MR) is 148 cm³/mol. The molecular formula is C30H33ClN2O3. The quantitative estimate of drug-likeness (QED) is 0.190. The Morgan fingerprint density at radius 2 is 1.64 bits per heavy atom. The van der Waals surface area contributed by atoms with Gasteiger partial charge in [-0.15, -0.1) is 0 Å². The molecule has 0 aromatic heterocycles. The molecule has 3 aromatic carbocycles. The predicted octanol–water partition coefficient (Wildman–Crippen LogP) is 6.03. The fourth-order valence-electron chi connectivity index (χ4n) is 3.80. The standard InChI is InChI=1S/C30H33ClN2O3/c1-4-26(27-8-5-6-9-28(27)31)30(22-11-15-24(34)16-12-22)23-13-17-25(18-14-23)36-21-20-32-19-7-10-29(35)33(2)3/h5-18,32,34H,4,19-21H2,1-3H3. The molecule has 2 N–H and O–H groups in total. The zero-order valence-electron chi connectivity index (χ0n) is 21.0. The Labute approximate surface area is 218 Å². The lowest BCUT2D eigenvalue weighted by atomic mass is 9.88. The van der Waals surface area contributed by atoms with Crippen molar-refractivity contribution >= 4 is 28.7 Å². The van der Waals surface area contributed by atoms with Crippen LogP contribution >= 0.6 is 11.6 Å². The van der Waals surface area contributed by atoms with Gasteiger partial charge < -0.3 is 20.1 Å². The van der Waals surface area contributed by atoms with Gasteiger partial charge in [0.15, 0.2) is 0 Å². The molecule has 0 fully saturated rings. The highest BCUT2D eigenvalue weighted by Crippen LogP contribution is 2.37. The van der Waals surface area contributed by atoms with Gasteiger partial charge in [0.1, 0.15) is 18.1 Å². The first-order valence-corrected chi connectivity index (χ1v) is 12.4. The van der Waals surface area contributed by atoms with E-state index in [1.165, 1.54) is 4.90 Å². The number of amides is 1. The van der Waals surface area contributed by atoms with Gasteiger partial charge in [-0.05, 0) is 64.6 Å². The molecule has 0 unspecified atom stereocenters. The number of rotatable bonds is 11. The Morgan fingerprint density at radius 3 is 2.25 bits per heavy atom. The molecular weight excluding hydrogens is 472 g/mol. The molecule has 0 aliphatic carbocycles. The zero-order chi connectivity index (χ0) is 25.9. The third-order valence-electron chi connectivity index (χ3n) is 5.66. The summed E-state index contributed by atoms with van der Waals surface area (Å²) in [6.45, 7) is 3.89. The van der Waals surface area contributed by atoms with Gasteiger partial charge in [-0.25, -0.2) is 0 Å². The van der Waals surface area contributed by atoms with Crippen LogP contribution in [0.25, 0.3) is 11.1 Å². The number of carbonyl (C=O) groups is 1. The number of nitrogens with zero attached hydrogens (tertiary/aromatic N) is 1. The van der Waals surface area contributed by atoms with Crippen molar-refractivity contribution in [3.8, 4) is 11.5 Å². The molecule has 0 bridgehead atoms. The van der Waals surface area contributed by atoms with Crippen molar-refractivity contribution < 1.29 is 14.6 Å². The minimum absolute atomic E-state index is 0.0328. The third kappa shape index (κ3) is 7.48. The highest BCUT2D eigenvalue weighted by atomic mass is 35.5. The van der Waals surface area contributed by atoms with Gasteiger partial charge in [0.2, 0.25) is 5.91 Å². The van der Waals surface area contributed by atoms with E-state index in [1.807, 2.05) is 60.7 Å². The Kier molecular flexibility index (Phi) is 10.2. The van der Waals surface area contributed by atoms with E-state index < -0.39 is 0 Å². The summed E-state index contributed by atoms with van der Waals surface area (Å²) in [5.74, 6) is 0.973. The summed E-state index contributed by atoms with van der Waals surface area (Å²) >= 11 is 6.58. The Balaban J connectivity index is 1.75. The van der Waals surface area contributed by atoms with Crippen molar-refractivity contribution in [2.45, 2.75) is 13.3 Å². The van der Waals surface area contributed by atoms with Crippen LogP contribution in [0.3, 0.4) is 0 Å².